The van der Waals surface area contributed by atoms with Gasteiger partial charge in [0.15, 0.2) is 0 Å². The molecule has 0 aromatic carbocycles. The van der Waals surface area contributed by atoms with Crippen LogP contribution in [0.3, 0.4) is 0 Å². The molecule has 0 aromatic rings. The Morgan fingerprint density at radius 2 is 2.25 bits per heavy atom. The van der Waals surface area contributed by atoms with Crippen molar-refractivity contribution in [3.63, 3.8) is 0 Å². The summed E-state index contributed by atoms with van der Waals surface area (Å²) in [5.74, 6) is 0.649. The van der Waals surface area contributed by atoms with Gasteiger partial charge in [-0.2, -0.15) is 13.1 Å². The highest BCUT2D eigenvalue weighted by Gasteiger charge is 2.19. The summed E-state index contributed by atoms with van der Waals surface area (Å²) in [6.45, 7) is 0. The Labute approximate surface area is 69.9 Å². The SMILES string of the molecule is C#CCC(NS(N)(=O)=O)C(=O)O. The second kappa shape index (κ2) is 4.06. The van der Waals surface area contributed by atoms with Crippen LogP contribution in [0.4, 0.5) is 0 Å². The van der Waals surface area contributed by atoms with E-state index in [1.54, 1.807) is 4.72 Å². The molecule has 1 unspecified atom stereocenters. The third-order valence-electron chi connectivity index (χ3n) is 0.927. The van der Waals surface area contributed by atoms with Gasteiger partial charge in [0.25, 0.3) is 10.2 Å². The number of hydrogen-bond donors (Lipinski definition) is 3. The van der Waals surface area contributed by atoms with Gasteiger partial charge in [0.2, 0.25) is 0 Å². The zero-order valence-electron chi connectivity index (χ0n) is 6.02. The van der Waals surface area contributed by atoms with Crippen molar-refractivity contribution in [3.05, 3.63) is 0 Å². The molecule has 0 aliphatic carbocycles. The van der Waals surface area contributed by atoms with Crippen LogP contribution in [0, 0.1) is 12.3 Å². The fourth-order valence-corrected chi connectivity index (χ4v) is 1.08. The maximum atomic E-state index is 10.4. The number of nitrogens with two attached hydrogens (primary N) is 1. The monoisotopic (exact) mass is 192 g/mol. The molecule has 0 spiro atoms. The highest BCUT2D eigenvalue weighted by Crippen LogP contribution is 1.91. The van der Waals surface area contributed by atoms with E-state index in [9.17, 15) is 13.2 Å². The van der Waals surface area contributed by atoms with Gasteiger partial charge in [-0.05, 0) is 0 Å². The van der Waals surface area contributed by atoms with E-state index < -0.39 is 22.2 Å². The van der Waals surface area contributed by atoms with Crippen molar-refractivity contribution in [1.82, 2.24) is 4.72 Å². The Balaban J connectivity index is 4.37. The molecule has 0 rings (SSSR count). The predicted octanol–water partition coefficient (Wildman–Crippen LogP) is -1.74. The van der Waals surface area contributed by atoms with E-state index in [1.807, 2.05) is 5.92 Å². The summed E-state index contributed by atoms with van der Waals surface area (Å²) in [6.07, 6.45) is 4.55. The van der Waals surface area contributed by atoms with Crippen LogP contribution in [-0.2, 0) is 15.0 Å². The van der Waals surface area contributed by atoms with Crippen LogP contribution in [-0.4, -0.2) is 25.5 Å². The number of carboxylic acids is 1. The normalized spacial score (nSPS) is 13.3. The average Bonchev–Trinajstić information content (AvgIpc) is 1.83. The molecule has 1 atom stereocenters. The number of rotatable bonds is 4. The van der Waals surface area contributed by atoms with E-state index in [-0.39, 0.29) is 6.42 Å². The van der Waals surface area contributed by atoms with E-state index in [0.29, 0.717) is 0 Å². The second-order valence-electron chi connectivity index (χ2n) is 1.96. The lowest BCUT2D eigenvalue weighted by atomic mass is 10.2. The summed E-state index contributed by atoms with van der Waals surface area (Å²) in [4.78, 5) is 10.3. The van der Waals surface area contributed by atoms with Crippen LogP contribution in [0.25, 0.3) is 0 Å². The van der Waals surface area contributed by atoms with Crippen LogP contribution < -0.4 is 9.86 Å². The molecule has 6 nitrogen and oxygen atoms in total. The van der Waals surface area contributed by atoms with Gasteiger partial charge in [0.1, 0.15) is 6.04 Å². The molecule has 12 heavy (non-hydrogen) atoms. The van der Waals surface area contributed by atoms with E-state index in [2.05, 4.69) is 5.14 Å². The summed E-state index contributed by atoms with van der Waals surface area (Å²) in [5.41, 5.74) is 0. The molecular formula is C5H8N2O4S. The van der Waals surface area contributed by atoms with E-state index in [1.165, 1.54) is 0 Å². The summed E-state index contributed by atoms with van der Waals surface area (Å²) in [7, 11) is -4.02. The molecule has 0 saturated carbocycles. The molecule has 0 fully saturated rings. The van der Waals surface area contributed by atoms with Crippen LogP contribution >= 0.6 is 0 Å². The van der Waals surface area contributed by atoms with Crippen LogP contribution in [0.5, 0.6) is 0 Å². The number of terminal acetylenes is 1. The van der Waals surface area contributed by atoms with Crippen LogP contribution in [0.15, 0.2) is 0 Å². The first-order chi connectivity index (χ1) is 5.37. The number of hydrogen-bond acceptors (Lipinski definition) is 3. The highest BCUT2D eigenvalue weighted by molar-refractivity contribution is 7.87. The fraction of sp³-hybridized carbons (Fsp3) is 0.400. The van der Waals surface area contributed by atoms with Crippen molar-refractivity contribution in [1.29, 1.82) is 0 Å². The topological polar surface area (TPSA) is 109 Å². The van der Waals surface area contributed by atoms with Crippen LogP contribution in [0.1, 0.15) is 6.42 Å². The minimum Gasteiger partial charge on any atom is -0.480 e. The number of carbonyl (C=O) groups is 1. The predicted molar refractivity (Wildman–Crippen MR) is 41.1 cm³/mol. The Kier molecular flexibility index (Phi) is 3.69. The summed E-state index contributed by atoms with van der Waals surface area (Å²) >= 11 is 0. The standard InChI is InChI=1S/C5H8N2O4S/c1-2-3-4(5(8)9)7-12(6,10)11/h1,4,7H,3H2,(H,8,9)(H2,6,10,11). The summed E-state index contributed by atoms with van der Waals surface area (Å²) < 4.78 is 22.4. The maximum Gasteiger partial charge on any atom is 0.322 e. The third-order valence-corrected chi connectivity index (χ3v) is 1.54. The van der Waals surface area contributed by atoms with Crippen molar-refractivity contribution >= 4 is 16.2 Å². The highest BCUT2D eigenvalue weighted by atomic mass is 32.2. The molecular weight excluding hydrogens is 184 g/mol. The van der Waals surface area contributed by atoms with Crippen molar-refractivity contribution in [2.45, 2.75) is 12.5 Å². The first kappa shape index (κ1) is 10.9. The van der Waals surface area contributed by atoms with Crippen LogP contribution in [0.2, 0.25) is 0 Å². The largest absolute Gasteiger partial charge is 0.480 e. The van der Waals surface area contributed by atoms with Gasteiger partial charge in [-0.15, -0.1) is 12.3 Å². The molecule has 0 aromatic heterocycles. The van der Waals surface area contributed by atoms with Crippen molar-refractivity contribution in [2.24, 2.45) is 5.14 Å². The molecule has 0 bridgehead atoms. The molecule has 0 radical (unpaired) electrons. The first-order valence-electron chi connectivity index (χ1n) is 2.83. The molecule has 0 aliphatic rings. The fourth-order valence-electron chi connectivity index (χ4n) is 0.496. The summed E-state index contributed by atoms with van der Waals surface area (Å²) in [5, 5.41) is 12.9. The Morgan fingerprint density at radius 1 is 1.75 bits per heavy atom. The molecule has 4 N–H and O–H groups in total. The summed E-state index contributed by atoms with van der Waals surface area (Å²) in [6, 6.07) is -1.36. The lowest BCUT2D eigenvalue weighted by Crippen LogP contribution is -2.43. The minimum absolute atomic E-state index is 0.244. The van der Waals surface area contributed by atoms with Gasteiger partial charge in [-0.3, -0.25) is 4.79 Å². The molecule has 0 amide bonds. The van der Waals surface area contributed by atoms with Crippen molar-refractivity contribution < 1.29 is 18.3 Å². The zero-order valence-corrected chi connectivity index (χ0v) is 6.84. The van der Waals surface area contributed by atoms with Gasteiger partial charge >= 0.3 is 5.97 Å². The molecule has 68 valence electrons. The minimum atomic E-state index is -4.02. The molecule has 7 heteroatoms. The van der Waals surface area contributed by atoms with Crippen molar-refractivity contribution in [2.75, 3.05) is 0 Å². The lowest BCUT2D eigenvalue weighted by molar-refractivity contribution is -0.138. The first-order valence-corrected chi connectivity index (χ1v) is 4.38. The van der Waals surface area contributed by atoms with E-state index >= 15 is 0 Å². The quantitative estimate of drug-likeness (QED) is 0.459. The second-order valence-corrected chi connectivity index (χ2v) is 3.29. The van der Waals surface area contributed by atoms with Gasteiger partial charge in [-0.25, -0.2) is 5.14 Å². The van der Waals surface area contributed by atoms with Gasteiger partial charge < -0.3 is 5.11 Å². The smallest absolute Gasteiger partial charge is 0.322 e. The van der Waals surface area contributed by atoms with Gasteiger partial charge in [0.05, 0.1) is 0 Å². The maximum absolute atomic E-state index is 10.4. The van der Waals surface area contributed by atoms with Gasteiger partial charge in [0, 0.05) is 6.42 Å². The molecule has 0 aliphatic heterocycles. The number of nitrogens with one attached hydrogen (secondary N) is 1. The Morgan fingerprint density at radius 3 is 2.50 bits per heavy atom. The lowest BCUT2D eigenvalue weighted by Gasteiger charge is -2.08. The number of aliphatic carboxylic acids is 1. The van der Waals surface area contributed by atoms with Gasteiger partial charge in [-0.1, -0.05) is 0 Å². The molecule has 0 saturated heterocycles. The Bertz CT molecular complexity index is 302. The number of carboxylic acid groups (broad SMARTS) is 1. The third kappa shape index (κ3) is 4.68. The molecule has 0 heterocycles. The van der Waals surface area contributed by atoms with E-state index in [0.717, 1.165) is 0 Å². The average molecular weight is 192 g/mol. The van der Waals surface area contributed by atoms with E-state index in [4.69, 9.17) is 11.5 Å². The van der Waals surface area contributed by atoms with Crippen molar-refractivity contribution in [3.8, 4) is 12.3 Å². The Hall–Kier alpha value is -1.10. The zero-order chi connectivity index (χ0) is 9.78.